The SMILES string of the molecule is CCC(O)(CC)Cc1csc(NS(=O)(=O)c2ccc(CCCN(C)C)cc2C)n1. The van der Waals surface area contributed by atoms with Gasteiger partial charge in [0.25, 0.3) is 10.0 Å². The Morgan fingerprint density at radius 3 is 2.52 bits per heavy atom. The number of rotatable bonds is 11. The number of hydrogen-bond acceptors (Lipinski definition) is 6. The highest BCUT2D eigenvalue weighted by molar-refractivity contribution is 7.93. The van der Waals surface area contributed by atoms with Gasteiger partial charge in [0.15, 0.2) is 5.13 Å². The lowest BCUT2D eigenvalue weighted by Crippen LogP contribution is -2.29. The number of anilines is 1. The number of benzene rings is 1. The molecule has 0 bridgehead atoms. The van der Waals surface area contributed by atoms with E-state index in [1.807, 2.05) is 47.0 Å². The van der Waals surface area contributed by atoms with Gasteiger partial charge in [-0.3, -0.25) is 4.72 Å². The van der Waals surface area contributed by atoms with Crippen molar-refractivity contribution in [3.63, 3.8) is 0 Å². The highest BCUT2D eigenvalue weighted by atomic mass is 32.2. The third-order valence-electron chi connectivity index (χ3n) is 5.20. The quantitative estimate of drug-likeness (QED) is 0.556. The molecule has 6 nitrogen and oxygen atoms in total. The van der Waals surface area contributed by atoms with E-state index in [1.54, 1.807) is 11.4 Å². The van der Waals surface area contributed by atoms with E-state index >= 15 is 0 Å². The molecule has 2 N–H and O–H groups in total. The largest absolute Gasteiger partial charge is 0.390 e. The van der Waals surface area contributed by atoms with E-state index < -0.39 is 15.6 Å². The molecule has 0 saturated carbocycles. The third-order valence-corrected chi connectivity index (χ3v) is 7.63. The van der Waals surface area contributed by atoms with E-state index in [0.717, 1.165) is 30.5 Å². The van der Waals surface area contributed by atoms with Gasteiger partial charge in [-0.2, -0.15) is 0 Å². The van der Waals surface area contributed by atoms with Gasteiger partial charge in [-0.15, -0.1) is 11.3 Å². The lowest BCUT2D eigenvalue weighted by Gasteiger charge is -2.23. The fourth-order valence-electron chi connectivity index (χ4n) is 3.21. The Morgan fingerprint density at radius 2 is 1.93 bits per heavy atom. The summed E-state index contributed by atoms with van der Waals surface area (Å²) in [7, 11) is 0.378. The summed E-state index contributed by atoms with van der Waals surface area (Å²) in [5.74, 6) is 0. The number of sulfonamides is 1. The van der Waals surface area contributed by atoms with Crippen molar-refractivity contribution < 1.29 is 13.5 Å². The summed E-state index contributed by atoms with van der Waals surface area (Å²) in [6.07, 6.45) is 3.62. The van der Waals surface area contributed by atoms with Crippen molar-refractivity contribution in [3.8, 4) is 0 Å². The van der Waals surface area contributed by atoms with Gasteiger partial charge in [-0.1, -0.05) is 26.0 Å². The predicted molar refractivity (Wildman–Crippen MR) is 120 cm³/mol. The summed E-state index contributed by atoms with van der Waals surface area (Å²) in [5.41, 5.74) is 1.76. The van der Waals surface area contributed by atoms with E-state index in [0.29, 0.717) is 30.1 Å². The molecule has 0 saturated heterocycles. The van der Waals surface area contributed by atoms with Crippen LogP contribution in [0.25, 0.3) is 0 Å². The summed E-state index contributed by atoms with van der Waals surface area (Å²) in [6, 6.07) is 5.50. The molecule has 0 aliphatic heterocycles. The Balaban J connectivity index is 2.10. The smallest absolute Gasteiger partial charge is 0.263 e. The first-order valence-corrected chi connectivity index (χ1v) is 12.4. The highest BCUT2D eigenvalue weighted by Crippen LogP contribution is 2.26. The van der Waals surface area contributed by atoms with Crippen LogP contribution in [0.15, 0.2) is 28.5 Å². The first-order chi connectivity index (χ1) is 13.6. The number of hydrogen-bond donors (Lipinski definition) is 2. The Labute approximate surface area is 179 Å². The number of nitrogens with zero attached hydrogens (tertiary/aromatic N) is 2. The van der Waals surface area contributed by atoms with Crippen molar-refractivity contribution >= 4 is 26.5 Å². The molecule has 0 aliphatic carbocycles. The Bertz CT molecular complexity index is 904. The monoisotopic (exact) mass is 439 g/mol. The van der Waals surface area contributed by atoms with Crippen LogP contribution in [0, 0.1) is 6.92 Å². The Kier molecular flexibility index (Phi) is 8.22. The van der Waals surface area contributed by atoms with Crippen LogP contribution in [0.3, 0.4) is 0 Å². The molecule has 1 aromatic heterocycles. The van der Waals surface area contributed by atoms with Crippen LogP contribution in [0.4, 0.5) is 5.13 Å². The maximum atomic E-state index is 12.8. The van der Waals surface area contributed by atoms with Crippen LogP contribution in [0.5, 0.6) is 0 Å². The molecule has 8 heteroatoms. The van der Waals surface area contributed by atoms with Crippen molar-refractivity contribution in [2.45, 2.75) is 63.4 Å². The summed E-state index contributed by atoms with van der Waals surface area (Å²) < 4.78 is 28.3. The molecule has 162 valence electrons. The standard InChI is InChI=1S/C21H33N3O3S2/c1-6-21(25,7-2)14-18-15-28-20(22-18)23-29(26,27)19-11-10-17(13-16(19)3)9-8-12-24(4)5/h10-11,13,15,25H,6-9,12,14H2,1-5H3,(H,22,23). The molecule has 0 fully saturated rings. The highest BCUT2D eigenvalue weighted by Gasteiger charge is 2.25. The summed E-state index contributed by atoms with van der Waals surface area (Å²) in [4.78, 5) is 6.78. The zero-order chi connectivity index (χ0) is 21.7. The Morgan fingerprint density at radius 1 is 1.24 bits per heavy atom. The topological polar surface area (TPSA) is 82.5 Å². The van der Waals surface area contributed by atoms with Gasteiger partial charge in [-0.25, -0.2) is 13.4 Å². The van der Waals surface area contributed by atoms with E-state index in [9.17, 15) is 13.5 Å². The van der Waals surface area contributed by atoms with Gasteiger partial charge in [0.1, 0.15) is 0 Å². The van der Waals surface area contributed by atoms with Crippen LogP contribution in [0.1, 0.15) is 49.9 Å². The number of aliphatic hydroxyl groups is 1. The minimum absolute atomic E-state index is 0.268. The molecule has 0 aliphatic rings. The molecule has 29 heavy (non-hydrogen) atoms. The average molecular weight is 440 g/mol. The summed E-state index contributed by atoms with van der Waals surface area (Å²) >= 11 is 1.24. The number of thiazole rings is 1. The van der Waals surface area contributed by atoms with E-state index in [2.05, 4.69) is 14.6 Å². The number of aryl methyl sites for hydroxylation is 2. The third kappa shape index (κ3) is 6.77. The molecule has 0 unspecified atom stereocenters. The van der Waals surface area contributed by atoms with Crippen LogP contribution >= 0.6 is 11.3 Å². The minimum Gasteiger partial charge on any atom is -0.390 e. The number of nitrogens with one attached hydrogen (secondary N) is 1. The predicted octanol–water partition coefficient (Wildman–Crippen LogP) is 3.84. The molecule has 1 heterocycles. The van der Waals surface area contributed by atoms with Gasteiger partial charge >= 0.3 is 0 Å². The maximum Gasteiger partial charge on any atom is 0.263 e. The van der Waals surface area contributed by atoms with Crippen molar-refractivity contribution in [3.05, 3.63) is 40.4 Å². The van der Waals surface area contributed by atoms with Gasteiger partial charge in [0, 0.05) is 11.8 Å². The van der Waals surface area contributed by atoms with E-state index in [4.69, 9.17) is 0 Å². The van der Waals surface area contributed by atoms with E-state index in [-0.39, 0.29) is 4.90 Å². The molecule has 0 radical (unpaired) electrons. The van der Waals surface area contributed by atoms with E-state index in [1.165, 1.54) is 11.3 Å². The zero-order valence-electron chi connectivity index (χ0n) is 18.0. The Hall–Kier alpha value is -1.48. The van der Waals surface area contributed by atoms with Crippen molar-refractivity contribution in [1.29, 1.82) is 0 Å². The molecule has 2 aromatic rings. The molecule has 0 atom stereocenters. The van der Waals surface area contributed by atoms with Crippen molar-refractivity contribution in [2.75, 3.05) is 25.4 Å². The zero-order valence-corrected chi connectivity index (χ0v) is 19.7. The van der Waals surface area contributed by atoms with Gasteiger partial charge in [-0.05, 0) is 70.4 Å². The normalized spacial score (nSPS) is 12.5. The first kappa shape index (κ1) is 23.8. The molecule has 2 rings (SSSR count). The first-order valence-electron chi connectivity index (χ1n) is 10.0. The van der Waals surface area contributed by atoms with Crippen molar-refractivity contribution in [2.24, 2.45) is 0 Å². The van der Waals surface area contributed by atoms with Crippen LogP contribution in [-0.4, -0.2) is 49.6 Å². The second-order valence-electron chi connectivity index (χ2n) is 7.86. The van der Waals surface area contributed by atoms with Crippen LogP contribution in [0.2, 0.25) is 0 Å². The molecule has 1 aromatic carbocycles. The van der Waals surface area contributed by atoms with Crippen molar-refractivity contribution in [1.82, 2.24) is 9.88 Å². The average Bonchev–Trinajstić information content (AvgIpc) is 3.06. The summed E-state index contributed by atoms with van der Waals surface area (Å²) in [6.45, 7) is 6.69. The summed E-state index contributed by atoms with van der Waals surface area (Å²) in [5, 5.41) is 12.6. The van der Waals surface area contributed by atoms with Gasteiger partial charge < -0.3 is 10.0 Å². The second-order valence-corrected chi connectivity index (χ2v) is 10.4. The lowest BCUT2D eigenvalue weighted by atomic mass is 9.92. The molecular weight excluding hydrogens is 406 g/mol. The molecule has 0 spiro atoms. The fraction of sp³-hybridized carbons (Fsp3) is 0.571. The fourth-order valence-corrected chi connectivity index (χ4v) is 5.40. The van der Waals surface area contributed by atoms with Crippen LogP contribution in [-0.2, 0) is 22.9 Å². The molecule has 0 amide bonds. The second kappa shape index (κ2) is 10.0. The van der Waals surface area contributed by atoms with Gasteiger partial charge in [0.2, 0.25) is 0 Å². The number of aromatic nitrogens is 1. The maximum absolute atomic E-state index is 12.8. The lowest BCUT2D eigenvalue weighted by molar-refractivity contribution is 0.0319. The van der Waals surface area contributed by atoms with Gasteiger partial charge in [0.05, 0.1) is 16.2 Å². The minimum atomic E-state index is -3.71. The molecular formula is C21H33N3O3S2. The van der Waals surface area contributed by atoms with Crippen LogP contribution < -0.4 is 4.72 Å².